The van der Waals surface area contributed by atoms with Gasteiger partial charge in [0.2, 0.25) is 11.8 Å². The number of halogens is 1. The SMILES string of the molecule is COc1nc(N2CCN(C3CCOC3)CC2)ccc1Nc1ncc(-c2ccc(Cl)c(O[C@@H](C)Cn3cnnn3)c2)cn1. The van der Waals surface area contributed by atoms with Crippen LogP contribution >= 0.6 is 11.6 Å². The van der Waals surface area contributed by atoms with Gasteiger partial charge in [0.15, 0.2) is 0 Å². The van der Waals surface area contributed by atoms with E-state index in [1.54, 1.807) is 36.6 Å². The molecule has 0 amide bonds. The zero-order valence-electron chi connectivity index (χ0n) is 23.6. The van der Waals surface area contributed by atoms with Crippen LogP contribution in [0.4, 0.5) is 17.5 Å². The molecule has 2 saturated heterocycles. The summed E-state index contributed by atoms with van der Waals surface area (Å²) in [6.45, 7) is 7.96. The second-order valence-corrected chi connectivity index (χ2v) is 10.7. The molecular weight excluding hydrogens is 560 g/mol. The van der Waals surface area contributed by atoms with E-state index in [2.05, 4.69) is 40.6 Å². The van der Waals surface area contributed by atoms with Gasteiger partial charge in [-0.1, -0.05) is 17.7 Å². The quantitative estimate of drug-likeness (QED) is 0.290. The summed E-state index contributed by atoms with van der Waals surface area (Å²) in [4.78, 5) is 18.6. The van der Waals surface area contributed by atoms with Gasteiger partial charge in [-0.2, -0.15) is 4.98 Å². The lowest BCUT2D eigenvalue weighted by Gasteiger charge is -2.38. The summed E-state index contributed by atoms with van der Waals surface area (Å²) in [6.07, 6.45) is 5.95. The maximum atomic E-state index is 6.41. The van der Waals surface area contributed by atoms with E-state index >= 15 is 0 Å². The van der Waals surface area contributed by atoms with E-state index in [1.165, 1.54) is 0 Å². The number of aromatic nitrogens is 7. The molecule has 1 aromatic carbocycles. The number of rotatable bonds is 10. The Labute approximate surface area is 248 Å². The maximum absolute atomic E-state index is 6.41. The lowest BCUT2D eigenvalue weighted by molar-refractivity contribution is 0.139. The molecule has 0 bridgehead atoms. The number of tetrazole rings is 1. The molecule has 0 spiro atoms. The van der Waals surface area contributed by atoms with Crippen LogP contribution in [0.25, 0.3) is 11.1 Å². The summed E-state index contributed by atoms with van der Waals surface area (Å²) in [7, 11) is 1.61. The minimum atomic E-state index is -0.198. The van der Waals surface area contributed by atoms with Crippen molar-refractivity contribution in [2.75, 3.05) is 56.7 Å². The normalized spacial score (nSPS) is 18.2. The predicted octanol–water partition coefficient (Wildman–Crippen LogP) is 3.31. The highest BCUT2D eigenvalue weighted by Crippen LogP contribution is 2.32. The summed E-state index contributed by atoms with van der Waals surface area (Å²) >= 11 is 6.41. The summed E-state index contributed by atoms with van der Waals surface area (Å²) < 4.78 is 18.8. The Bertz CT molecular complexity index is 1460. The molecule has 2 atom stereocenters. The highest BCUT2D eigenvalue weighted by molar-refractivity contribution is 6.32. The lowest BCUT2D eigenvalue weighted by Crippen LogP contribution is -2.50. The van der Waals surface area contributed by atoms with Crippen LogP contribution < -0.4 is 19.7 Å². The van der Waals surface area contributed by atoms with Crippen molar-refractivity contribution in [1.82, 2.24) is 40.1 Å². The molecule has 4 aromatic rings. The van der Waals surface area contributed by atoms with Gasteiger partial charge in [0.25, 0.3) is 0 Å². The van der Waals surface area contributed by atoms with Gasteiger partial charge in [0.05, 0.1) is 25.3 Å². The predicted molar refractivity (Wildman–Crippen MR) is 157 cm³/mol. The summed E-state index contributed by atoms with van der Waals surface area (Å²) in [5.74, 6) is 2.37. The first kappa shape index (κ1) is 28.1. The fourth-order valence-electron chi connectivity index (χ4n) is 5.20. The topological polar surface area (TPSA) is 128 Å². The van der Waals surface area contributed by atoms with Crippen molar-refractivity contribution in [2.24, 2.45) is 0 Å². The molecule has 2 aliphatic heterocycles. The molecule has 2 fully saturated rings. The van der Waals surface area contributed by atoms with E-state index in [4.69, 9.17) is 30.8 Å². The Kier molecular flexibility index (Phi) is 8.58. The second-order valence-electron chi connectivity index (χ2n) is 10.3. The number of hydrogen-bond acceptors (Lipinski definition) is 12. The highest BCUT2D eigenvalue weighted by atomic mass is 35.5. The van der Waals surface area contributed by atoms with E-state index in [0.717, 1.165) is 62.8 Å². The Balaban J connectivity index is 1.09. The van der Waals surface area contributed by atoms with Crippen LogP contribution in [0, 0.1) is 0 Å². The van der Waals surface area contributed by atoms with Crippen LogP contribution in [0.1, 0.15) is 13.3 Å². The molecule has 2 aliphatic rings. The van der Waals surface area contributed by atoms with E-state index < -0.39 is 0 Å². The van der Waals surface area contributed by atoms with Gasteiger partial charge in [-0.3, -0.25) is 4.90 Å². The van der Waals surface area contributed by atoms with Crippen molar-refractivity contribution in [2.45, 2.75) is 32.0 Å². The Hall–Kier alpha value is -4.07. The zero-order chi connectivity index (χ0) is 28.9. The number of benzene rings is 1. The molecule has 0 radical (unpaired) electrons. The van der Waals surface area contributed by atoms with Crippen molar-refractivity contribution in [1.29, 1.82) is 0 Å². The van der Waals surface area contributed by atoms with Crippen LogP contribution in [-0.2, 0) is 11.3 Å². The first-order valence-electron chi connectivity index (χ1n) is 13.9. The number of nitrogens with zero attached hydrogens (tertiary/aromatic N) is 9. The van der Waals surface area contributed by atoms with E-state index in [9.17, 15) is 0 Å². The van der Waals surface area contributed by atoms with Gasteiger partial charge in [-0.15, -0.1) is 5.10 Å². The third-order valence-electron chi connectivity index (χ3n) is 7.43. The van der Waals surface area contributed by atoms with Crippen molar-refractivity contribution < 1.29 is 14.2 Å². The van der Waals surface area contributed by atoms with Crippen LogP contribution in [-0.4, -0.2) is 98.7 Å². The average molecular weight is 593 g/mol. The molecule has 3 aromatic heterocycles. The van der Waals surface area contributed by atoms with Gasteiger partial charge >= 0.3 is 0 Å². The maximum Gasteiger partial charge on any atom is 0.239 e. The lowest BCUT2D eigenvalue weighted by atomic mass is 10.1. The number of pyridine rings is 1. The smallest absolute Gasteiger partial charge is 0.239 e. The van der Waals surface area contributed by atoms with Gasteiger partial charge < -0.3 is 24.4 Å². The summed E-state index contributed by atoms with van der Waals surface area (Å²) in [5, 5.41) is 14.9. The zero-order valence-corrected chi connectivity index (χ0v) is 24.3. The minimum absolute atomic E-state index is 0.198. The molecule has 6 rings (SSSR count). The fraction of sp³-hybridized carbons (Fsp3) is 0.429. The van der Waals surface area contributed by atoms with Crippen molar-refractivity contribution in [3.8, 4) is 22.8 Å². The van der Waals surface area contributed by atoms with Crippen molar-refractivity contribution in [3.63, 3.8) is 0 Å². The molecule has 1 unspecified atom stereocenters. The standard InChI is InChI=1S/C28H33ClN10O3/c1-19(16-39-18-32-35-36-39)42-25-13-20(3-4-23(25)29)21-14-30-28(31-15-21)33-24-5-6-26(34-27(24)40-2)38-10-8-37(9-11-38)22-7-12-41-17-22/h3-6,13-15,18-19,22H,7-12,16-17H2,1-2H3,(H,30,31,33)/t19-,22?/m0/s1. The Morgan fingerprint density at radius 1 is 1.10 bits per heavy atom. The number of ether oxygens (including phenoxy) is 3. The number of nitrogens with one attached hydrogen (secondary N) is 1. The molecular formula is C28H33ClN10O3. The number of methoxy groups -OCH3 is 1. The largest absolute Gasteiger partial charge is 0.487 e. The monoisotopic (exact) mass is 592 g/mol. The Morgan fingerprint density at radius 2 is 1.93 bits per heavy atom. The molecule has 0 saturated carbocycles. The first-order valence-corrected chi connectivity index (χ1v) is 14.3. The van der Waals surface area contributed by atoms with Crippen LogP contribution in [0.5, 0.6) is 11.6 Å². The van der Waals surface area contributed by atoms with Gasteiger partial charge in [-0.05, 0) is 53.6 Å². The van der Waals surface area contributed by atoms with Crippen molar-refractivity contribution >= 4 is 29.1 Å². The number of anilines is 3. The first-order chi connectivity index (χ1) is 20.6. The molecule has 1 N–H and O–H groups in total. The summed E-state index contributed by atoms with van der Waals surface area (Å²) in [6, 6.07) is 10.1. The van der Waals surface area contributed by atoms with E-state index in [1.807, 2.05) is 31.2 Å². The third-order valence-corrected chi connectivity index (χ3v) is 7.74. The van der Waals surface area contributed by atoms with E-state index in [0.29, 0.717) is 40.9 Å². The Morgan fingerprint density at radius 3 is 2.64 bits per heavy atom. The van der Waals surface area contributed by atoms with Crippen LogP contribution in [0.2, 0.25) is 5.02 Å². The van der Waals surface area contributed by atoms with Gasteiger partial charge in [0.1, 0.15) is 29.7 Å². The second kappa shape index (κ2) is 12.8. The van der Waals surface area contributed by atoms with Gasteiger partial charge in [0, 0.05) is 56.8 Å². The molecule has 0 aliphatic carbocycles. The number of hydrogen-bond donors (Lipinski definition) is 1. The molecule has 14 heteroatoms. The van der Waals surface area contributed by atoms with Crippen LogP contribution in [0.15, 0.2) is 49.1 Å². The van der Waals surface area contributed by atoms with Crippen molar-refractivity contribution in [3.05, 3.63) is 54.1 Å². The highest BCUT2D eigenvalue weighted by Gasteiger charge is 2.27. The minimum Gasteiger partial charge on any atom is -0.487 e. The molecule has 13 nitrogen and oxygen atoms in total. The summed E-state index contributed by atoms with van der Waals surface area (Å²) in [5.41, 5.74) is 2.38. The fourth-order valence-corrected chi connectivity index (χ4v) is 5.36. The third kappa shape index (κ3) is 6.53. The van der Waals surface area contributed by atoms with Crippen LogP contribution in [0.3, 0.4) is 0 Å². The van der Waals surface area contributed by atoms with Gasteiger partial charge in [-0.25, -0.2) is 14.6 Å². The number of piperazine rings is 1. The average Bonchev–Trinajstić information content (AvgIpc) is 3.74. The molecule has 5 heterocycles. The molecule has 220 valence electrons. The molecule has 42 heavy (non-hydrogen) atoms. The van der Waals surface area contributed by atoms with E-state index in [-0.39, 0.29) is 6.10 Å².